The molecule has 0 radical (unpaired) electrons. The van der Waals surface area contributed by atoms with Crippen molar-refractivity contribution in [2.24, 2.45) is 0 Å². The van der Waals surface area contributed by atoms with E-state index in [-0.39, 0.29) is 43.3 Å². The van der Waals surface area contributed by atoms with Gasteiger partial charge in [-0.05, 0) is 124 Å². The molecular formula is C67H76N14O8S2. The van der Waals surface area contributed by atoms with Gasteiger partial charge < -0.3 is 50.8 Å². The first-order valence-corrected chi connectivity index (χ1v) is 32.0. The Morgan fingerprint density at radius 2 is 1.36 bits per heavy atom. The van der Waals surface area contributed by atoms with Gasteiger partial charge >= 0.3 is 0 Å². The van der Waals surface area contributed by atoms with E-state index in [2.05, 4.69) is 79.8 Å². The van der Waals surface area contributed by atoms with Gasteiger partial charge in [0.2, 0.25) is 11.8 Å². The average Bonchev–Trinajstić information content (AvgIpc) is 1.50. The van der Waals surface area contributed by atoms with Crippen LogP contribution in [0, 0.1) is 0 Å². The zero-order chi connectivity index (χ0) is 64.3. The minimum atomic E-state index is -0.524. The van der Waals surface area contributed by atoms with Crippen molar-refractivity contribution in [2.45, 2.75) is 103 Å². The molecule has 4 amide bonds. The lowest BCUT2D eigenvalue weighted by Crippen LogP contribution is -2.55. The molecule has 5 heterocycles. The molecule has 5 aromatic carbocycles. The topological polar surface area (TPSA) is 270 Å². The molecule has 474 valence electrons. The highest BCUT2D eigenvalue weighted by Crippen LogP contribution is 2.51. The number of thioether (sulfide) groups is 1. The van der Waals surface area contributed by atoms with E-state index in [9.17, 15) is 19.2 Å². The molecule has 0 unspecified atom stereocenters. The number of nitrogens with zero attached hydrogens (tertiary/aromatic N) is 9. The number of aromatic nitrogens is 8. The highest BCUT2D eigenvalue weighted by atomic mass is 32.2. The summed E-state index contributed by atoms with van der Waals surface area (Å²) in [6.45, 7) is 17.5. The molecule has 0 fully saturated rings. The highest BCUT2D eigenvalue weighted by Gasteiger charge is 2.47. The van der Waals surface area contributed by atoms with E-state index in [1.807, 2.05) is 147 Å². The van der Waals surface area contributed by atoms with Crippen LogP contribution in [0.5, 0.6) is 5.75 Å². The Labute approximate surface area is 537 Å². The van der Waals surface area contributed by atoms with Crippen molar-refractivity contribution in [3.05, 3.63) is 167 Å². The lowest BCUT2D eigenvalue weighted by Gasteiger charge is -2.51. The lowest BCUT2D eigenvalue weighted by molar-refractivity contribution is -0.119. The Bertz CT molecular complexity index is 4020. The largest absolute Gasteiger partial charge is 0.487 e. The van der Waals surface area contributed by atoms with Crippen LogP contribution < -0.4 is 36.6 Å². The Morgan fingerprint density at radius 3 is 2.03 bits per heavy atom. The van der Waals surface area contributed by atoms with Gasteiger partial charge in [-0.2, -0.15) is 0 Å². The first kappa shape index (κ1) is 64.9. The molecule has 91 heavy (non-hydrogen) atoms. The smallest absolute Gasteiger partial charge is 0.263 e. The van der Waals surface area contributed by atoms with Gasteiger partial charge in [-0.1, -0.05) is 95.8 Å². The number of anilines is 4. The van der Waals surface area contributed by atoms with Crippen molar-refractivity contribution in [1.82, 2.24) is 50.6 Å². The van der Waals surface area contributed by atoms with Crippen LogP contribution in [0.3, 0.4) is 0 Å². The van der Waals surface area contributed by atoms with Crippen LogP contribution in [0.2, 0.25) is 0 Å². The number of hydrogen-bond donors (Lipinski definition) is 5. The van der Waals surface area contributed by atoms with Crippen molar-refractivity contribution >= 4 is 79.7 Å². The minimum Gasteiger partial charge on any atom is -0.487 e. The summed E-state index contributed by atoms with van der Waals surface area (Å²) in [5, 5.41) is 30.2. The average molecular weight is 1270 g/mol. The summed E-state index contributed by atoms with van der Waals surface area (Å²) in [6.07, 6.45) is 6.13. The Balaban J connectivity index is 0.600. The second-order valence-corrected chi connectivity index (χ2v) is 25.7. The number of fused-ring (bicyclic) bond motifs is 2. The fraction of sp³-hybridized carbons (Fsp3) is 0.343. The first-order chi connectivity index (χ1) is 43.7. The fourth-order valence-electron chi connectivity index (χ4n) is 11.2. The molecule has 9 aromatic rings. The van der Waals surface area contributed by atoms with E-state index in [1.54, 1.807) is 22.5 Å². The Hall–Kier alpha value is -9.07. The first-order valence-electron chi connectivity index (χ1n) is 30.0. The van der Waals surface area contributed by atoms with Crippen LogP contribution in [-0.2, 0) is 55.5 Å². The van der Waals surface area contributed by atoms with Crippen molar-refractivity contribution in [3.63, 3.8) is 0 Å². The van der Waals surface area contributed by atoms with Crippen LogP contribution in [0.15, 0.2) is 139 Å². The third-order valence-corrected chi connectivity index (χ3v) is 16.9. The van der Waals surface area contributed by atoms with Gasteiger partial charge in [0.15, 0.2) is 5.16 Å². The van der Waals surface area contributed by atoms with E-state index < -0.39 is 16.5 Å². The van der Waals surface area contributed by atoms with Gasteiger partial charge in [-0.3, -0.25) is 19.2 Å². The van der Waals surface area contributed by atoms with Crippen LogP contribution in [0.25, 0.3) is 32.6 Å². The highest BCUT2D eigenvalue weighted by molar-refractivity contribution is 7.98. The van der Waals surface area contributed by atoms with Gasteiger partial charge in [-0.15, -0.1) is 21.5 Å². The molecule has 6 N–H and O–H groups in total. The summed E-state index contributed by atoms with van der Waals surface area (Å²) in [5.41, 5.74) is 14.9. The fourth-order valence-corrected chi connectivity index (χ4v) is 12.6. The van der Waals surface area contributed by atoms with E-state index in [0.29, 0.717) is 125 Å². The molecule has 10 rings (SSSR count). The van der Waals surface area contributed by atoms with Gasteiger partial charge in [0.25, 0.3) is 11.8 Å². The molecule has 0 saturated heterocycles. The molecule has 0 bridgehead atoms. The maximum absolute atomic E-state index is 13.6. The van der Waals surface area contributed by atoms with Crippen LogP contribution in [0.1, 0.15) is 97.4 Å². The summed E-state index contributed by atoms with van der Waals surface area (Å²) < 4.78 is 26.8. The third-order valence-electron chi connectivity index (χ3n) is 15.3. The monoisotopic (exact) mass is 1270 g/mol. The quantitative estimate of drug-likeness (QED) is 0.0182. The number of rotatable bonds is 27. The molecule has 22 nitrogen and oxygen atoms in total. The number of nitrogens with two attached hydrogens (primary N) is 1. The number of carbonyl (C=O) groups excluding carboxylic acids is 4. The lowest BCUT2D eigenvalue weighted by atomic mass is 9.65. The number of thiophene rings is 1. The maximum atomic E-state index is 13.6. The van der Waals surface area contributed by atoms with E-state index in [1.165, 1.54) is 23.1 Å². The SMILES string of the molecule is CSc1nc(-c2cccc(NCC(=O)NCc3cn(CCOCCOCCOCCn4cc(COc5ccc([C@]6(C)CC(C)(C)N(C(C)=O)c7ccc(NC(=O)c8ccc(-c9ccccc9)cc8)cc76)cc5)nn4)nn3)c2)c2c(N)c(C(=O)NC(C)(C)C)sc2n1. The van der Waals surface area contributed by atoms with Crippen molar-refractivity contribution in [2.75, 3.05) is 73.7 Å². The van der Waals surface area contributed by atoms with E-state index in [4.69, 9.17) is 29.7 Å². The molecule has 1 atom stereocenters. The molecule has 0 aliphatic carbocycles. The van der Waals surface area contributed by atoms with Gasteiger partial charge in [0.05, 0.1) is 95.0 Å². The Morgan fingerprint density at radius 1 is 0.714 bits per heavy atom. The molecule has 0 saturated carbocycles. The summed E-state index contributed by atoms with van der Waals surface area (Å²) in [5.74, 6) is -0.0994. The third kappa shape index (κ3) is 16.3. The van der Waals surface area contributed by atoms with Crippen LogP contribution in [0.4, 0.5) is 22.7 Å². The van der Waals surface area contributed by atoms with Crippen molar-refractivity contribution in [3.8, 4) is 28.1 Å². The van der Waals surface area contributed by atoms with E-state index in [0.717, 1.165) is 33.5 Å². The molecule has 24 heteroatoms. The number of ether oxygens (including phenoxy) is 4. The summed E-state index contributed by atoms with van der Waals surface area (Å²) in [6, 6.07) is 38.9. The van der Waals surface area contributed by atoms with Crippen LogP contribution in [-0.4, -0.2) is 127 Å². The molecule has 4 aromatic heterocycles. The number of carbonyl (C=O) groups is 4. The summed E-state index contributed by atoms with van der Waals surface area (Å²) >= 11 is 2.64. The van der Waals surface area contributed by atoms with Gasteiger partial charge in [-0.25, -0.2) is 19.3 Å². The number of hydrogen-bond acceptors (Lipinski definition) is 18. The number of benzene rings is 5. The molecule has 0 spiro atoms. The second kappa shape index (κ2) is 28.8. The maximum Gasteiger partial charge on any atom is 0.263 e. The second-order valence-electron chi connectivity index (χ2n) is 23.9. The number of amides is 4. The van der Waals surface area contributed by atoms with Crippen molar-refractivity contribution < 1.29 is 38.1 Å². The zero-order valence-corrected chi connectivity index (χ0v) is 54.0. The van der Waals surface area contributed by atoms with Gasteiger partial charge in [0, 0.05) is 51.6 Å². The molecule has 1 aliphatic heterocycles. The summed E-state index contributed by atoms with van der Waals surface area (Å²) in [4.78, 5) is 65.1. The zero-order valence-electron chi connectivity index (χ0n) is 52.4. The number of nitrogens with one attached hydrogen (secondary N) is 4. The number of nitrogen functional groups attached to an aromatic ring is 1. The predicted molar refractivity (Wildman–Crippen MR) is 354 cm³/mol. The normalized spacial score (nSPS) is 14.4. The van der Waals surface area contributed by atoms with Crippen LogP contribution >= 0.6 is 23.1 Å². The van der Waals surface area contributed by atoms with Crippen molar-refractivity contribution in [1.29, 1.82) is 0 Å². The predicted octanol–water partition coefficient (Wildman–Crippen LogP) is 10.2. The van der Waals surface area contributed by atoms with E-state index >= 15 is 0 Å². The molecule has 1 aliphatic rings. The Kier molecular flexibility index (Phi) is 20.6. The minimum absolute atomic E-state index is 0.0119. The summed E-state index contributed by atoms with van der Waals surface area (Å²) in [7, 11) is 0. The van der Waals surface area contributed by atoms with Gasteiger partial charge in [0.1, 0.15) is 33.5 Å². The standard InChI is InChI=1S/C67H76N14O8S2/c1-43(82)81-55-26-23-50(71-61(84)46-19-17-45(18-20-46)44-13-10-9-11-14-44)36-54(55)67(7,42-66(81,5)6)48-21-24-53(25-22-48)89-41-52-40-80(78-76-52)28-30-87-32-34-88-33-31-86-29-27-79-39-51(75-77-79)37-70-56(83)38-69-49-16-12-15-47(35-49)59-57-58(68)60(62(85)74-65(2,3)4)91-63(57)73-64(72-59)90-8/h9-26,35-36,39-40,69H,27-34,37-38,41-42,68H2,1-8H3,(H,70,83)(H,71,84)(H,74,85)/t67-/m0/s1. The molecular weight excluding hydrogens is 1190 g/mol.